The van der Waals surface area contributed by atoms with Crippen LogP contribution in [0.1, 0.15) is 19.3 Å². The second-order valence-electron chi connectivity index (χ2n) is 6.60. The van der Waals surface area contributed by atoms with Crippen LogP contribution in [0.2, 0.25) is 0 Å². The Kier molecular flexibility index (Phi) is 6.12. The fourth-order valence-electron chi connectivity index (χ4n) is 3.39. The molecule has 0 spiro atoms. The molecule has 0 saturated carbocycles. The molecule has 1 fully saturated rings. The van der Waals surface area contributed by atoms with Crippen molar-refractivity contribution in [3.63, 3.8) is 0 Å². The molecule has 5 nitrogen and oxygen atoms in total. The van der Waals surface area contributed by atoms with Crippen LogP contribution in [0.25, 0.3) is 11.1 Å². The molecule has 5 heteroatoms. The zero-order valence-corrected chi connectivity index (χ0v) is 15.4. The van der Waals surface area contributed by atoms with Gasteiger partial charge in [0.25, 0.3) is 0 Å². The molecule has 0 aromatic heterocycles. The topological polar surface area (TPSA) is 50.8 Å². The molecule has 0 bridgehead atoms. The van der Waals surface area contributed by atoms with Crippen LogP contribution in [0, 0.1) is 0 Å². The van der Waals surface area contributed by atoms with Gasteiger partial charge in [-0.05, 0) is 56.6 Å². The normalized spacial score (nSPS) is 17.1. The smallest absolute Gasteiger partial charge is 0.411 e. The standard InChI is InChI=1S/C21H26N2O3/c1-23-13-6-9-17(23)12-14-26-21(24)22-20-11-10-18(25-2)15-19(20)16-7-4-3-5-8-16/h3-5,7-8,10-11,15,17H,6,9,12-14H2,1-2H3,(H,22,24). The zero-order chi connectivity index (χ0) is 18.4. The lowest BCUT2D eigenvalue weighted by Gasteiger charge is -2.19. The lowest BCUT2D eigenvalue weighted by molar-refractivity contribution is 0.147. The average Bonchev–Trinajstić information content (AvgIpc) is 3.08. The first-order chi connectivity index (χ1) is 12.7. The number of nitrogens with one attached hydrogen (secondary N) is 1. The summed E-state index contributed by atoms with van der Waals surface area (Å²) in [6.45, 7) is 1.56. The van der Waals surface area contributed by atoms with Gasteiger partial charge in [0.15, 0.2) is 0 Å². The summed E-state index contributed by atoms with van der Waals surface area (Å²) >= 11 is 0. The van der Waals surface area contributed by atoms with Gasteiger partial charge in [-0.15, -0.1) is 0 Å². The third-order valence-corrected chi connectivity index (χ3v) is 4.90. The molecule has 3 rings (SSSR count). The fourth-order valence-corrected chi connectivity index (χ4v) is 3.39. The maximum absolute atomic E-state index is 12.2. The lowest BCUT2D eigenvalue weighted by atomic mass is 10.0. The van der Waals surface area contributed by atoms with E-state index in [-0.39, 0.29) is 0 Å². The van der Waals surface area contributed by atoms with Gasteiger partial charge in [0.2, 0.25) is 0 Å². The number of hydrogen-bond acceptors (Lipinski definition) is 4. The second-order valence-corrected chi connectivity index (χ2v) is 6.60. The monoisotopic (exact) mass is 354 g/mol. The molecule has 1 N–H and O–H groups in total. The molecule has 1 saturated heterocycles. The van der Waals surface area contributed by atoms with Crippen LogP contribution in [0.4, 0.5) is 10.5 Å². The van der Waals surface area contributed by atoms with Crippen LogP contribution in [-0.4, -0.2) is 44.3 Å². The van der Waals surface area contributed by atoms with Gasteiger partial charge in [0, 0.05) is 11.6 Å². The van der Waals surface area contributed by atoms with Gasteiger partial charge in [-0.2, -0.15) is 0 Å². The van der Waals surface area contributed by atoms with Crippen molar-refractivity contribution in [2.24, 2.45) is 0 Å². The predicted octanol–water partition coefficient (Wildman–Crippen LogP) is 4.40. The Bertz CT molecular complexity index is 733. The molecule has 0 aliphatic carbocycles. The molecule has 1 heterocycles. The molecule has 1 atom stereocenters. The van der Waals surface area contributed by atoms with Crippen molar-refractivity contribution >= 4 is 11.8 Å². The highest BCUT2D eigenvalue weighted by Gasteiger charge is 2.21. The number of rotatable bonds is 6. The van der Waals surface area contributed by atoms with Crippen molar-refractivity contribution in [3.8, 4) is 16.9 Å². The Balaban J connectivity index is 1.64. The number of ether oxygens (including phenoxy) is 2. The van der Waals surface area contributed by atoms with E-state index in [0.717, 1.165) is 29.8 Å². The van der Waals surface area contributed by atoms with Crippen LogP contribution < -0.4 is 10.1 Å². The Hall–Kier alpha value is -2.53. The highest BCUT2D eigenvalue weighted by Crippen LogP contribution is 2.31. The number of methoxy groups -OCH3 is 1. The summed E-state index contributed by atoms with van der Waals surface area (Å²) in [5, 5.41) is 2.87. The first kappa shape index (κ1) is 18.3. The minimum atomic E-state index is -0.423. The molecule has 1 aliphatic heterocycles. The molecule has 2 aromatic carbocycles. The van der Waals surface area contributed by atoms with E-state index in [9.17, 15) is 4.79 Å². The van der Waals surface area contributed by atoms with E-state index in [1.165, 1.54) is 12.8 Å². The Morgan fingerprint density at radius 2 is 2.04 bits per heavy atom. The highest BCUT2D eigenvalue weighted by atomic mass is 16.5. The SMILES string of the molecule is COc1ccc(NC(=O)OCCC2CCCN2C)c(-c2ccccc2)c1. The summed E-state index contributed by atoms with van der Waals surface area (Å²) in [7, 11) is 3.76. The number of hydrogen-bond donors (Lipinski definition) is 1. The third kappa shape index (κ3) is 4.55. The van der Waals surface area contributed by atoms with Crippen LogP contribution in [0.5, 0.6) is 5.75 Å². The van der Waals surface area contributed by atoms with Crippen molar-refractivity contribution in [2.75, 3.05) is 32.6 Å². The third-order valence-electron chi connectivity index (χ3n) is 4.90. The number of benzene rings is 2. The van der Waals surface area contributed by atoms with E-state index in [4.69, 9.17) is 9.47 Å². The maximum Gasteiger partial charge on any atom is 0.411 e. The van der Waals surface area contributed by atoms with Crippen molar-refractivity contribution in [3.05, 3.63) is 48.5 Å². The molecule has 1 aliphatic rings. The summed E-state index contributed by atoms with van der Waals surface area (Å²) in [5.41, 5.74) is 2.62. The molecule has 26 heavy (non-hydrogen) atoms. The highest BCUT2D eigenvalue weighted by molar-refractivity contribution is 5.91. The predicted molar refractivity (Wildman–Crippen MR) is 104 cm³/mol. The van der Waals surface area contributed by atoms with Gasteiger partial charge >= 0.3 is 6.09 Å². The van der Waals surface area contributed by atoms with E-state index in [1.807, 2.05) is 48.5 Å². The maximum atomic E-state index is 12.2. The molecular formula is C21H26N2O3. The number of likely N-dealkylation sites (tertiary alicyclic amines) is 1. The average molecular weight is 354 g/mol. The van der Waals surface area contributed by atoms with Gasteiger partial charge in [0.1, 0.15) is 5.75 Å². The van der Waals surface area contributed by atoms with E-state index in [1.54, 1.807) is 7.11 Å². The summed E-state index contributed by atoms with van der Waals surface area (Å²) in [5.74, 6) is 0.743. The summed E-state index contributed by atoms with van der Waals surface area (Å²) in [4.78, 5) is 14.6. The van der Waals surface area contributed by atoms with Gasteiger partial charge in [0.05, 0.1) is 19.4 Å². The molecule has 0 radical (unpaired) electrons. The first-order valence-electron chi connectivity index (χ1n) is 9.05. The molecule has 1 unspecified atom stereocenters. The van der Waals surface area contributed by atoms with Crippen LogP contribution in [-0.2, 0) is 4.74 Å². The largest absolute Gasteiger partial charge is 0.497 e. The van der Waals surface area contributed by atoms with E-state index in [2.05, 4.69) is 17.3 Å². The van der Waals surface area contributed by atoms with E-state index >= 15 is 0 Å². The zero-order valence-electron chi connectivity index (χ0n) is 15.4. The number of carbonyl (C=O) groups excluding carboxylic acids is 1. The van der Waals surface area contributed by atoms with Gasteiger partial charge < -0.3 is 14.4 Å². The molecule has 2 aromatic rings. The quantitative estimate of drug-likeness (QED) is 0.836. The molecule has 1 amide bonds. The van der Waals surface area contributed by atoms with Gasteiger partial charge in [-0.25, -0.2) is 4.79 Å². The van der Waals surface area contributed by atoms with Gasteiger partial charge in [-0.3, -0.25) is 5.32 Å². The van der Waals surface area contributed by atoms with E-state index < -0.39 is 6.09 Å². The van der Waals surface area contributed by atoms with Crippen molar-refractivity contribution in [2.45, 2.75) is 25.3 Å². The summed E-state index contributed by atoms with van der Waals surface area (Å²) in [6.07, 6.45) is 2.85. The Morgan fingerprint density at radius 1 is 1.23 bits per heavy atom. The molecule has 138 valence electrons. The van der Waals surface area contributed by atoms with Crippen LogP contribution in [0.3, 0.4) is 0 Å². The molecular weight excluding hydrogens is 328 g/mol. The Morgan fingerprint density at radius 3 is 2.73 bits per heavy atom. The fraction of sp³-hybridized carbons (Fsp3) is 0.381. The van der Waals surface area contributed by atoms with E-state index in [0.29, 0.717) is 18.3 Å². The van der Waals surface area contributed by atoms with Gasteiger partial charge in [-0.1, -0.05) is 30.3 Å². The number of amides is 1. The number of anilines is 1. The second kappa shape index (κ2) is 8.72. The summed E-state index contributed by atoms with van der Waals surface area (Å²) in [6, 6.07) is 16.0. The van der Waals surface area contributed by atoms with Crippen molar-refractivity contribution in [1.82, 2.24) is 4.90 Å². The number of carbonyl (C=O) groups is 1. The Labute approximate surface area is 154 Å². The van der Waals surface area contributed by atoms with Crippen LogP contribution in [0.15, 0.2) is 48.5 Å². The minimum Gasteiger partial charge on any atom is -0.497 e. The minimum absolute atomic E-state index is 0.423. The lowest BCUT2D eigenvalue weighted by Crippen LogP contribution is -2.27. The summed E-state index contributed by atoms with van der Waals surface area (Å²) < 4.78 is 10.7. The van der Waals surface area contributed by atoms with Crippen molar-refractivity contribution in [1.29, 1.82) is 0 Å². The first-order valence-corrected chi connectivity index (χ1v) is 9.05. The van der Waals surface area contributed by atoms with Crippen LogP contribution >= 0.6 is 0 Å². The van der Waals surface area contributed by atoms with Crippen molar-refractivity contribution < 1.29 is 14.3 Å². The number of nitrogens with zero attached hydrogens (tertiary/aromatic N) is 1.